The van der Waals surface area contributed by atoms with Gasteiger partial charge in [-0.1, -0.05) is 90.0 Å². The van der Waals surface area contributed by atoms with Crippen molar-refractivity contribution in [3.8, 4) is 21.6 Å². The second kappa shape index (κ2) is 28.6. The minimum absolute atomic E-state index is 0.0177. The maximum absolute atomic E-state index is 12.5. The molecule has 7 rings (SSSR count). The van der Waals surface area contributed by atoms with Crippen molar-refractivity contribution in [3.05, 3.63) is 83.5 Å². The summed E-state index contributed by atoms with van der Waals surface area (Å²) >= 11 is 1.64. The van der Waals surface area contributed by atoms with E-state index >= 15 is 0 Å². The number of hydrogen-bond donors (Lipinski definition) is 5. The van der Waals surface area contributed by atoms with Crippen molar-refractivity contribution in [1.29, 1.82) is 0 Å². The fourth-order valence-corrected chi connectivity index (χ4v) is 9.22. The Kier molecular flexibility index (Phi) is 22.4. The molecule has 1 unspecified atom stereocenters. The lowest BCUT2D eigenvalue weighted by Gasteiger charge is -2.22. The van der Waals surface area contributed by atoms with E-state index in [9.17, 15) is 29.1 Å². The SMILES string of the molecule is CC(C)(C)CC(=O)N1CCC(O)C1.Cc1ncc(-c2ccc3nc(NC(=O)CCCCCCCCCCC(N)=O)cn3c2)cc1NC(=O)OC1CCCCC1.Cc1ncsc1-c1ccc(CNC=O)cc1. The lowest BCUT2D eigenvalue weighted by Crippen LogP contribution is -2.32. The van der Waals surface area contributed by atoms with E-state index in [4.69, 9.17) is 10.5 Å². The monoisotopic (exact) mass is 994 g/mol. The van der Waals surface area contributed by atoms with Crippen molar-refractivity contribution in [3.63, 3.8) is 0 Å². The molecule has 1 aliphatic carbocycles. The Hall–Kier alpha value is -6.20. The van der Waals surface area contributed by atoms with Gasteiger partial charge < -0.3 is 35.5 Å². The molecule has 2 fully saturated rings. The van der Waals surface area contributed by atoms with Gasteiger partial charge in [0.1, 0.15) is 11.8 Å². The summed E-state index contributed by atoms with van der Waals surface area (Å²) in [5.41, 5.74) is 14.2. The Morgan fingerprint density at radius 2 is 1.51 bits per heavy atom. The normalized spacial score (nSPS) is 14.7. The summed E-state index contributed by atoms with van der Waals surface area (Å²) < 4.78 is 7.49. The number of amides is 5. The van der Waals surface area contributed by atoms with Gasteiger partial charge in [0.05, 0.1) is 39.8 Å². The molecule has 1 aliphatic heterocycles. The Morgan fingerprint density at radius 3 is 2.13 bits per heavy atom. The number of thiazole rings is 1. The van der Waals surface area contributed by atoms with E-state index in [-0.39, 0.29) is 35.3 Å². The number of hydrogen-bond acceptors (Lipinski definition) is 11. The third-order valence-electron chi connectivity index (χ3n) is 12.3. The molecule has 1 aromatic carbocycles. The van der Waals surface area contributed by atoms with Crippen LogP contribution in [0.2, 0.25) is 0 Å². The number of nitrogens with zero attached hydrogens (tertiary/aromatic N) is 5. The molecule has 5 amide bonds. The Balaban J connectivity index is 0.000000261. The van der Waals surface area contributed by atoms with Gasteiger partial charge in [-0.3, -0.25) is 29.5 Å². The number of ether oxygens (including phenoxy) is 1. The standard InChI is InChI=1S/C32H44N6O4.C12H12N2OS.C10H19NO2/c1-23-27(35-32(41)42-26-13-9-8-10-14-26)19-25(20-34-23)24-17-18-30-36-29(22-38(30)21-24)37-31(40)16-12-7-5-3-2-4-6-11-15-28(33)39;1-9-12(16-8-14-9)11-4-2-10(3-5-11)6-13-7-15;1-10(2,3)6-9(13)11-5-4-8(12)7-11/h17-22,26H,2-16H2,1H3,(H2,33,39)(H,35,41)(H,37,40);2-5,7-8H,6H2,1H3,(H,13,15);8,12H,4-7H2,1-3H3. The van der Waals surface area contributed by atoms with Gasteiger partial charge in [-0.2, -0.15) is 0 Å². The summed E-state index contributed by atoms with van der Waals surface area (Å²) in [6.07, 6.45) is 21.2. The summed E-state index contributed by atoms with van der Waals surface area (Å²) in [6.45, 7) is 11.8. The predicted molar refractivity (Wildman–Crippen MR) is 281 cm³/mol. The van der Waals surface area contributed by atoms with Crippen LogP contribution in [0, 0.1) is 19.3 Å². The number of nitrogens with one attached hydrogen (secondary N) is 3. The molecule has 2 aliphatic rings. The molecule has 4 aromatic heterocycles. The van der Waals surface area contributed by atoms with Gasteiger partial charge in [0.15, 0.2) is 5.82 Å². The summed E-state index contributed by atoms with van der Waals surface area (Å²) in [4.78, 5) is 73.7. The average Bonchev–Trinajstić information content (AvgIpc) is 4.09. The van der Waals surface area contributed by atoms with Crippen LogP contribution in [0.3, 0.4) is 0 Å². The Morgan fingerprint density at radius 1 is 0.831 bits per heavy atom. The maximum Gasteiger partial charge on any atom is 0.411 e. The fraction of sp³-hybridized carbons (Fsp3) is 0.519. The average molecular weight is 994 g/mol. The molecular formula is C54H75N9O7S. The van der Waals surface area contributed by atoms with Crippen molar-refractivity contribution in [2.45, 2.75) is 163 Å². The summed E-state index contributed by atoms with van der Waals surface area (Å²) in [5.74, 6) is 0.425. The van der Waals surface area contributed by atoms with Gasteiger partial charge in [0.2, 0.25) is 24.1 Å². The number of rotatable bonds is 20. The van der Waals surface area contributed by atoms with E-state index in [0.29, 0.717) is 56.0 Å². The van der Waals surface area contributed by atoms with Crippen LogP contribution in [0.1, 0.15) is 147 Å². The molecule has 0 spiro atoms. The van der Waals surface area contributed by atoms with Crippen LogP contribution in [-0.2, 0) is 30.5 Å². The first-order valence-corrected chi connectivity index (χ1v) is 26.1. The van der Waals surface area contributed by atoms with Gasteiger partial charge in [-0.15, -0.1) is 11.3 Å². The summed E-state index contributed by atoms with van der Waals surface area (Å²) in [6, 6.07) is 13.9. The predicted octanol–water partition coefficient (Wildman–Crippen LogP) is 10.3. The molecule has 6 N–H and O–H groups in total. The van der Waals surface area contributed by atoms with Gasteiger partial charge >= 0.3 is 6.09 Å². The Labute approximate surface area is 423 Å². The van der Waals surface area contributed by atoms with Crippen molar-refractivity contribution >= 4 is 58.7 Å². The van der Waals surface area contributed by atoms with E-state index in [1.165, 1.54) is 16.9 Å². The highest BCUT2D eigenvalue weighted by Gasteiger charge is 2.27. The number of aliphatic hydroxyl groups excluding tert-OH is 1. The van der Waals surface area contributed by atoms with Crippen molar-refractivity contribution in [2.24, 2.45) is 11.1 Å². The first kappa shape index (κ1) is 55.7. The number of primary amides is 1. The zero-order valence-electron chi connectivity index (χ0n) is 42.3. The molecule has 384 valence electrons. The van der Waals surface area contributed by atoms with E-state index in [1.807, 2.05) is 60.3 Å². The summed E-state index contributed by atoms with van der Waals surface area (Å²) in [5, 5.41) is 17.7. The molecule has 0 radical (unpaired) electrons. The highest BCUT2D eigenvalue weighted by atomic mass is 32.1. The number of nitrogens with two attached hydrogens (primary N) is 1. The van der Waals surface area contributed by atoms with Crippen LogP contribution in [0.15, 0.2) is 66.6 Å². The van der Waals surface area contributed by atoms with Gasteiger partial charge in [0, 0.05) is 62.4 Å². The largest absolute Gasteiger partial charge is 0.446 e. The number of aliphatic hydroxyl groups is 1. The van der Waals surface area contributed by atoms with Crippen LogP contribution in [-0.4, -0.2) is 84.9 Å². The second-order valence-electron chi connectivity index (χ2n) is 19.8. The molecule has 5 aromatic rings. The zero-order valence-corrected chi connectivity index (χ0v) is 43.2. The minimum Gasteiger partial charge on any atom is -0.446 e. The molecule has 1 saturated carbocycles. The number of fused-ring (bicyclic) bond motifs is 1. The number of carbonyl (C=O) groups is 5. The molecule has 5 heterocycles. The molecule has 17 heteroatoms. The number of aryl methyl sites for hydroxylation is 2. The van der Waals surface area contributed by atoms with Gasteiger partial charge in [0.25, 0.3) is 0 Å². The zero-order chi connectivity index (χ0) is 51.2. The number of likely N-dealkylation sites (tertiary alicyclic amines) is 1. The number of imidazole rings is 1. The topological polar surface area (TPSA) is 223 Å². The number of unbranched alkanes of at least 4 members (excludes halogenated alkanes) is 7. The molecular weight excluding hydrogens is 919 g/mol. The first-order valence-electron chi connectivity index (χ1n) is 25.2. The van der Waals surface area contributed by atoms with E-state index < -0.39 is 6.09 Å². The molecule has 71 heavy (non-hydrogen) atoms. The van der Waals surface area contributed by atoms with Crippen LogP contribution in [0.4, 0.5) is 16.3 Å². The van der Waals surface area contributed by atoms with Crippen LogP contribution in [0.25, 0.3) is 27.2 Å². The lowest BCUT2D eigenvalue weighted by atomic mass is 9.92. The van der Waals surface area contributed by atoms with E-state index in [0.717, 1.165) is 118 Å². The highest BCUT2D eigenvalue weighted by molar-refractivity contribution is 7.13. The second-order valence-corrected chi connectivity index (χ2v) is 20.6. The van der Waals surface area contributed by atoms with Crippen molar-refractivity contribution in [2.75, 3.05) is 23.7 Å². The van der Waals surface area contributed by atoms with Gasteiger partial charge in [-0.05, 0) is 93.5 Å². The highest BCUT2D eigenvalue weighted by Crippen LogP contribution is 2.29. The lowest BCUT2D eigenvalue weighted by molar-refractivity contribution is -0.132. The molecule has 0 bridgehead atoms. The molecule has 1 saturated heterocycles. The Bertz CT molecular complexity index is 2480. The van der Waals surface area contributed by atoms with Gasteiger partial charge in [-0.25, -0.2) is 14.8 Å². The van der Waals surface area contributed by atoms with Crippen LogP contribution >= 0.6 is 11.3 Å². The molecule has 1 atom stereocenters. The number of pyridine rings is 2. The minimum atomic E-state index is -0.442. The number of β-amino-alcohol motifs (C(OH)–C–C–N with tert-alkyl or cyclic N) is 1. The van der Waals surface area contributed by atoms with E-state index in [1.54, 1.807) is 28.6 Å². The number of carbonyl (C=O) groups excluding carboxylic acids is 5. The quantitative estimate of drug-likeness (QED) is 0.0366. The van der Waals surface area contributed by atoms with Crippen LogP contribution in [0.5, 0.6) is 0 Å². The molecule has 16 nitrogen and oxygen atoms in total. The van der Waals surface area contributed by atoms with Crippen molar-refractivity contribution < 1.29 is 33.8 Å². The number of benzene rings is 1. The summed E-state index contributed by atoms with van der Waals surface area (Å²) in [7, 11) is 0. The third kappa shape index (κ3) is 19.8. The smallest absolute Gasteiger partial charge is 0.411 e. The first-order chi connectivity index (χ1) is 34.1. The van der Waals surface area contributed by atoms with Crippen LogP contribution < -0.4 is 21.7 Å². The third-order valence-corrected chi connectivity index (χ3v) is 13.3. The number of aromatic nitrogens is 4. The number of anilines is 2. The van der Waals surface area contributed by atoms with E-state index in [2.05, 4.69) is 63.8 Å². The van der Waals surface area contributed by atoms with Crippen molar-refractivity contribution in [1.82, 2.24) is 29.6 Å². The maximum atomic E-state index is 12.5. The fourth-order valence-electron chi connectivity index (χ4n) is 8.41.